The van der Waals surface area contributed by atoms with E-state index >= 15 is 0 Å². The van der Waals surface area contributed by atoms with E-state index in [1.165, 1.54) is 17.7 Å². The van der Waals surface area contributed by atoms with Crippen LogP contribution in [0, 0.1) is 5.92 Å². The summed E-state index contributed by atoms with van der Waals surface area (Å²) in [5.41, 5.74) is 0. The van der Waals surface area contributed by atoms with E-state index in [2.05, 4.69) is 22.8 Å². The first-order valence-electron chi connectivity index (χ1n) is 6.25. The lowest BCUT2D eigenvalue weighted by atomic mass is 10.1. The molecular weight excluding hydrogens is 234 g/mol. The van der Waals surface area contributed by atoms with Crippen molar-refractivity contribution in [1.82, 2.24) is 5.32 Å². The fraction of sp³-hybridized carbons (Fsp3) is 0.692. The average Bonchev–Trinajstić information content (AvgIpc) is 3.03. The Kier molecular flexibility index (Phi) is 5.45. The minimum absolute atomic E-state index is 0.543. The van der Waals surface area contributed by atoms with E-state index < -0.39 is 0 Å². The summed E-state index contributed by atoms with van der Waals surface area (Å²) in [4.78, 5) is 1.46. The summed E-state index contributed by atoms with van der Waals surface area (Å²) in [6, 6.07) is 4.90. The molecule has 1 aliphatic rings. The van der Waals surface area contributed by atoms with Crippen LogP contribution in [0.5, 0.6) is 0 Å². The summed E-state index contributed by atoms with van der Waals surface area (Å²) in [5, 5.41) is 5.76. The molecule has 1 heterocycles. The van der Waals surface area contributed by atoms with E-state index in [1.54, 1.807) is 7.11 Å². The highest BCUT2D eigenvalue weighted by molar-refractivity contribution is 7.10. The minimum Gasteiger partial charge on any atom is -0.382 e. The second-order valence-corrected chi connectivity index (χ2v) is 5.37. The smallest absolute Gasteiger partial charge is 0.0700 e. The van der Waals surface area contributed by atoms with Gasteiger partial charge in [0.1, 0.15) is 0 Å². The summed E-state index contributed by atoms with van der Waals surface area (Å²) in [6.07, 6.45) is 2.72. The van der Waals surface area contributed by atoms with Crippen molar-refractivity contribution in [1.29, 1.82) is 0 Å². The van der Waals surface area contributed by atoms with E-state index in [1.807, 2.05) is 11.3 Å². The van der Waals surface area contributed by atoms with Crippen LogP contribution in [0.1, 0.15) is 23.8 Å². The standard InChI is InChI=1S/C13H21NO2S/c1-15-8-9-16-7-6-14-13(11-4-5-11)12-3-2-10-17-12/h2-3,10-11,13-14H,4-9H2,1H3. The molecule has 1 N–H and O–H groups in total. The van der Waals surface area contributed by atoms with Crippen molar-refractivity contribution < 1.29 is 9.47 Å². The molecule has 17 heavy (non-hydrogen) atoms. The van der Waals surface area contributed by atoms with Crippen LogP contribution in [0.3, 0.4) is 0 Å². The minimum atomic E-state index is 0.543. The number of rotatable bonds is 9. The number of hydrogen-bond donors (Lipinski definition) is 1. The summed E-state index contributed by atoms with van der Waals surface area (Å²) in [7, 11) is 1.70. The third-order valence-electron chi connectivity index (χ3n) is 2.99. The summed E-state index contributed by atoms with van der Waals surface area (Å²) >= 11 is 1.85. The van der Waals surface area contributed by atoms with Gasteiger partial charge in [0.05, 0.1) is 19.8 Å². The highest BCUT2D eigenvalue weighted by Crippen LogP contribution is 2.42. The molecule has 1 fully saturated rings. The molecule has 4 heteroatoms. The van der Waals surface area contributed by atoms with Crippen molar-refractivity contribution in [3.05, 3.63) is 22.4 Å². The Hall–Kier alpha value is -0.420. The van der Waals surface area contributed by atoms with Gasteiger partial charge >= 0.3 is 0 Å². The Morgan fingerprint density at radius 1 is 1.41 bits per heavy atom. The number of methoxy groups -OCH3 is 1. The molecular formula is C13H21NO2S. The van der Waals surface area contributed by atoms with Crippen LogP contribution in [0.2, 0.25) is 0 Å². The van der Waals surface area contributed by atoms with Crippen molar-refractivity contribution in [2.24, 2.45) is 5.92 Å². The van der Waals surface area contributed by atoms with Crippen molar-refractivity contribution in [3.8, 4) is 0 Å². The molecule has 0 bridgehead atoms. The van der Waals surface area contributed by atoms with Gasteiger partial charge < -0.3 is 14.8 Å². The second kappa shape index (κ2) is 7.11. The van der Waals surface area contributed by atoms with Crippen LogP contribution in [0.15, 0.2) is 17.5 Å². The molecule has 1 aromatic rings. The van der Waals surface area contributed by atoms with Crippen molar-refractivity contribution in [3.63, 3.8) is 0 Å². The Labute approximate surface area is 107 Å². The van der Waals surface area contributed by atoms with Gasteiger partial charge in [0.2, 0.25) is 0 Å². The Bertz CT molecular complexity index is 298. The molecule has 2 rings (SSSR count). The third-order valence-corrected chi connectivity index (χ3v) is 3.94. The fourth-order valence-electron chi connectivity index (χ4n) is 1.93. The molecule has 1 saturated carbocycles. The van der Waals surface area contributed by atoms with Crippen molar-refractivity contribution in [2.45, 2.75) is 18.9 Å². The zero-order chi connectivity index (χ0) is 11.9. The average molecular weight is 255 g/mol. The maximum absolute atomic E-state index is 5.46. The summed E-state index contributed by atoms with van der Waals surface area (Å²) in [6.45, 7) is 3.04. The molecule has 1 unspecified atom stereocenters. The van der Waals surface area contributed by atoms with E-state index in [-0.39, 0.29) is 0 Å². The van der Waals surface area contributed by atoms with Gasteiger partial charge in [-0.15, -0.1) is 11.3 Å². The highest BCUT2D eigenvalue weighted by atomic mass is 32.1. The van der Waals surface area contributed by atoms with Crippen molar-refractivity contribution >= 4 is 11.3 Å². The summed E-state index contributed by atoms with van der Waals surface area (Å²) < 4.78 is 10.4. The van der Waals surface area contributed by atoms with Gasteiger partial charge in [-0.25, -0.2) is 0 Å². The van der Waals surface area contributed by atoms with Crippen LogP contribution in [-0.2, 0) is 9.47 Å². The number of nitrogens with one attached hydrogen (secondary N) is 1. The van der Waals surface area contributed by atoms with Gasteiger partial charge in [-0.2, -0.15) is 0 Å². The fourth-order valence-corrected chi connectivity index (χ4v) is 2.82. The van der Waals surface area contributed by atoms with Crippen LogP contribution in [0.4, 0.5) is 0 Å². The number of thiophene rings is 1. The molecule has 0 aromatic carbocycles. The topological polar surface area (TPSA) is 30.5 Å². The molecule has 1 atom stereocenters. The maximum Gasteiger partial charge on any atom is 0.0700 e. The molecule has 0 spiro atoms. The molecule has 0 amide bonds. The highest BCUT2D eigenvalue weighted by Gasteiger charge is 2.32. The molecule has 0 radical (unpaired) electrons. The maximum atomic E-state index is 5.46. The third kappa shape index (κ3) is 4.39. The van der Waals surface area contributed by atoms with Gasteiger partial charge in [0.15, 0.2) is 0 Å². The Morgan fingerprint density at radius 3 is 2.94 bits per heavy atom. The molecule has 96 valence electrons. The van der Waals surface area contributed by atoms with Crippen molar-refractivity contribution in [2.75, 3.05) is 33.5 Å². The molecule has 0 aliphatic heterocycles. The van der Waals surface area contributed by atoms with Gasteiger partial charge in [-0.3, -0.25) is 0 Å². The normalized spacial score (nSPS) is 17.2. The number of hydrogen-bond acceptors (Lipinski definition) is 4. The van der Waals surface area contributed by atoms with Crippen LogP contribution in [-0.4, -0.2) is 33.5 Å². The number of ether oxygens (including phenoxy) is 2. The van der Waals surface area contributed by atoms with E-state index in [9.17, 15) is 0 Å². The van der Waals surface area contributed by atoms with E-state index in [0.29, 0.717) is 19.3 Å². The Balaban J connectivity index is 1.65. The van der Waals surface area contributed by atoms with Gasteiger partial charge in [0.25, 0.3) is 0 Å². The lowest BCUT2D eigenvalue weighted by molar-refractivity contribution is 0.0708. The molecule has 1 aromatic heterocycles. The zero-order valence-electron chi connectivity index (χ0n) is 10.4. The quantitative estimate of drug-likeness (QED) is 0.688. The first kappa shape index (κ1) is 13.0. The first-order valence-corrected chi connectivity index (χ1v) is 7.13. The van der Waals surface area contributed by atoms with E-state index in [4.69, 9.17) is 9.47 Å². The SMILES string of the molecule is COCCOCCNC(c1cccs1)C1CC1. The van der Waals surface area contributed by atoms with Crippen LogP contribution < -0.4 is 5.32 Å². The Morgan fingerprint density at radius 2 is 2.29 bits per heavy atom. The monoisotopic (exact) mass is 255 g/mol. The van der Waals surface area contributed by atoms with Crippen LogP contribution in [0.25, 0.3) is 0 Å². The predicted octanol–water partition coefficient (Wildman–Crippen LogP) is 2.45. The first-order chi connectivity index (χ1) is 8.42. The second-order valence-electron chi connectivity index (χ2n) is 4.39. The largest absolute Gasteiger partial charge is 0.382 e. The zero-order valence-corrected chi connectivity index (χ0v) is 11.2. The molecule has 3 nitrogen and oxygen atoms in total. The van der Waals surface area contributed by atoms with E-state index in [0.717, 1.165) is 19.1 Å². The van der Waals surface area contributed by atoms with Gasteiger partial charge in [-0.1, -0.05) is 6.07 Å². The van der Waals surface area contributed by atoms with Crippen LogP contribution >= 0.6 is 11.3 Å². The lowest BCUT2D eigenvalue weighted by Gasteiger charge is -2.16. The van der Waals surface area contributed by atoms with Gasteiger partial charge in [-0.05, 0) is 30.2 Å². The van der Waals surface area contributed by atoms with Gasteiger partial charge in [0, 0.05) is 24.6 Å². The molecule has 0 saturated heterocycles. The molecule has 1 aliphatic carbocycles. The predicted molar refractivity (Wildman–Crippen MR) is 70.5 cm³/mol. The summed E-state index contributed by atoms with van der Waals surface area (Å²) in [5.74, 6) is 0.840. The lowest BCUT2D eigenvalue weighted by Crippen LogP contribution is -2.26.